The van der Waals surface area contributed by atoms with Crippen LogP contribution in [0.2, 0.25) is 0 Å². The number of carbonyl (C=O) groups excluding carboxylic acids is 3. The number of para-hydroxylation sites is 2. The van der Waals surface area contributed by atoms with Gasteiger partial charge >= 0.3 is 0 Å². The Bertz CT molecular complexity index is 1820. The van der Waals surface area contributed by atoms with Crippen molar-refractivity contribution < 1.29 is 19.1 Å². The molecule has 1 saturated heterocycles. The van der Waals surface area contributed by atoms with Gasteiger partial charge < -0.3 is 15.0 Å². The fraction of sp³-hybridized carbons (Fsp3) is 0.162. The third kappa shape index (κ3) is 3.90. The molecular formula is C37H30N2O4. The van der Waals surface area contributed by atoms with Crippen molar-refractivity contribution in [2.24, 2.45) is 5.92 Å². The molecule has 0 aromatic heterocycles. The molecule has 4 aromatic carbocycles. The molecule has 4 aromatic rings. The molecule has 1 N–H and O–H groups in total. The average molecular weight is 567 g/mol. The summed E-state index contributed by atoms with van der Waals surface area (Å²) >= 11 is 0. The summed E-state index contributed by atoms with van der Waals surface area (Å²) in [4.78, 5) is 46.3. The highest BCUT2D eigenvalue weighted by Crippen LogP contribution is 2.62. The number of Topliss-reactive ketones (excluding diaryl/α,β-unsaturated/α-hetero) is 2. The van der Waals surface area contributed by atoms with Gasteiger partial charge in [-0.1, -0.05) is 97.1 Å². The van der Waals surface area contributed by atoms with Gasteiger partial charge in [-0.25, -0.2) is 0 Å². The van der Waals surface area contributed by atoms with Crippen LogP contribution in [0.1, 0.15) is 49.0 Å². The standard InChI is InChI=1S/C37H30N2O4/c1-3-22-43-30-15-9-6-12-27(30)34(41)31-32(33(40)25-18-16-23(2)17-19-25)39-21-20-24-10-4-5-11-26(24)35(39)37(31)28-13-7-8-14-29(28)38-36(37)42/h3-21,31-32,35H,1,22H2,2H3,(H,38,42)/t31-,32+,35-,37-/m0/s1. The van der Waals surface area contributed by atoms with Crippen molar-refractivity contribution in [3.63, 3.8) is 0 Å². The monoisotopic (exact) mass is 566 g/mol. The second kappa shape index (κ2) is 10.2. The maximum Gasteiger partial charge on any atom is 0.238 e. The van der Waals surface area contributed by atoms with Gasteiger partial charge in [0, 0.05) is 17.5 Å². The number of nitrogens with zero attached hydrogens (tertiary/aromatic N) is 1. The summed E-state index contributed by atoms with van der Waals surface area (Å²) in [6.45, 7) is 5.92. The lowest BCUT2D eigenvalue weighted by Crippen LogP contribution is -2.49. The van der Waals surface area contributed by atoms with Crippen molar-refractivity contribution in [1.82, 2.24) is 4.90 Å². The average Bonchev–Trinajstić information content (AvgIpc) is 3.52. The third-order valence-corrected chi connectivity index (χ3v) is 8.97. The van der Waals surface area contributed by atoms with Crippen molar-refractivity contribution >= 4 is 29.2 Å². The van der Waals surface area contributed by atoms with Crippen molar-refractivity contribution in [2.75, 3.05) is 11.9 Å². The second-order valence-electron chi connectivity index (χ2n) is 11.3. The second-order valence-corrected chi connectivity index (χ2v) is 11.3. The Labute approximate surface area is 250 Å². The molecule has 4 atom stereocenters. The zero-order valence-electron chi connectivity index (χ0n) is 23.7. The van der Waals surface area contributed by atoms with Crippen LogP contribution in [0.5, 0.6) is 5.75 Å². The van der Waals surface area contributed by atoms with Gasteiger partial charge in [0.2, 0.25) is 5.91 Å². The molecule has 212 valence electrons. The fourth-order valence-electron chi connectivity index (χ4n) is 7.17. The van der Waals surface area contributed by atoms with Crippen LogP contribution in [0.25, 0.3) is 6.08 Å². The highest BCUT2D eigenvalue weighted by Gasteiger charge is 2.70. The Hall–Kier alpha value is -5.23. The topological polar surface area (TPSA) is 75.7 Å². The Kier molecular flexibility index (Phi) is 6.35. The Morgan fingerprint density at radius 2 is 1.65 bits per heavy atom. The van der Waals surface area contributed by atoms with Crippen molar-refractivity contribution in [2.45, 2.75) is 24.4 Å². The Morgan fingerprint density at radius 1 is 0.930 bits per heavy atom. The normalized spacial score (nSPS) is 22.9. The van der Waals surface area contributed by atoms with Crippen molar-refractivity contribution in [3.8, 4) is 5.75 Å². The van der Waals surface area contributed by atoms with E-state index in [1.54, 1.807) is 42.5 Å². The predicted octanol–water partition coefficient (Wildman–Crippen LogP) is 6.54. The molecule has 0 saturated carbocycles. The molecule has 43 heavy (non-hydrogen) atoms. The lowest BCUT2D eigenvalue weighted by molar-refractivity contribution is -0.122. The number of fused-ring (bicyclic) bond motifs is 6. The molecule has 7 rings (SSSR count). The van der Waals surface area contributed by atoms with E-state index in [0.29, 0.717) is 28.1 Å². The van der Waals surface area contributed by atoms with Crippen LogP contribution in [-0.4, -0.2) is 35.0 Å². The molecule has 6 heteroatoms. The van der Waals surface area contributed by atoms with E-state index in [9.17, 15) is 9.59 Å². The predicted molar refractivity (Wildman–Crippen MR) is 166 cm³/mol. The number of ether oxygens (including phenoxy) is 1. The van der Waals surface area contributed by atoms with Crippen molar-refractivity contribution in [3.05, 3.63) is 149 Å². The maximum absolute atomic E-state index is 15.1. The number of benzene rings is 4. The fourth-order valence-corrected chi connectivity index (χ4v) is 7.17. The van der Waals surface area contributed by atoms with Gasteiger partial charge in [0.25, 0.3) is 0 Å². The number of anilines is 1. The highest BCUT2D eigenvalue weighted by molar-refractivity contribution is 6.17. The van der Waals surface area contributed by atoms with Crippen LogP contribution in [-0.2, 0) is 10.2 Å². The molecule has 0 radical (unpaired) electrons. The summed E-state index contributed by atoms with van der Waals surface area (Å²) in [5, 5.41) is 3.09. The van der Waals surface area contributed by atoms with Gasteiger partial charge in [-0.05, 0) is 47.9 Å². The van der Waals surface area contributed by atoms with Gasteiger partial charge in [-0.15, -0.1) is 0 Å². The molecule has 3 aliphatic rings. The SMILES string of the molecule is C=CCOc1ccccc1C(=O)[C@@H]1[C@H](C(=O)c2ccc(C)cc2)N2C=Cc3ccccc3[C@H]2[C@@]12C(=O)Nc1ccccc12. The summed E-state index contributed by atoms with van der Waals surface area (Å²) in [7, 11) is 0. The number of rotatable bonds is 7. The molecule has 1 spiro atoms. The summed E-state index contributed by atoms with van der Waals surface area (Å²) in [5.41, 5.74) is 3.64. The van der Waals surface area contributed by atoms with E-state index < -0.39 is 23.4 Å². The molecular weight excluding hydrogens is 536 g/mol. The molecule has 0 aliphatic carbocycles. The van der Waals surface area contributed by atoms with Gasteiger partial charge in [-0.3, -0.25) is 14.4 Å². The number of nitrogens with one attached hydrogen (secondary N) is 1. The van der Waals surface area contributed by atoms with Crippen LogP contribution < -0.4 is 10.1 Å². The van der Waals surface area contributed by atoms with E-state index in [0.717, 1.165) is 16.7 Å². The van der Waals surface area contributed by atoms with Crippen LogP contribution in [0.3, 0.4) is 0 Å². The zero-order valence-corrected chi connectivity index (χ0v) is 23.7. The largest absolute Gasteiger partial charge is 0.489 e. The third-order valence-electron chi connectivity index (χ3n) is 8.97. The van der Waals surface area contributed by atoms with E-state index in [-0.39, 0.29) is 24.1 Å². The smallest absolute Gasteiger partial charge is 0.238 e. The van der Waals surface area contributed by atoms with Crippen molar-refractivity contribution in [1.29, 1.82) is 0 Å². The molecule has 3 heterocycles. The number of hydrogen-bond donors (Lipinski definition) is 1. The first-order chi connectivity index (χ1) is 21.0. The maximum atomic E-state index is 15.1. The van der Waals surface area contributed by atoms with E-state index in [1.807, 2.05) is 84.8 Å². The van der Waals surface area contributed by atoms with Gasteiger partial charge in [0.15, 0.2) is 11.6 Å². The molecule has 0 bridgehead atoms. The van der Waals surface area contributed by atoms with Gasteiger partial charge in [0.1, 0.15) is 23.8 Å². The summed E-state index contributed by atoms with van der Waals surface area (Å²) in [6.07, 6.45) is 5.46. The number of amides is 1. The van der Waals surface area contributed by atoms with E-state index in [1.165, 1.54) is 0 Å². The van der Waals surface area contributed by atoms with Gasteiger partial charge in [-0.2, -0.15) is 0 Å². The van der Waals surface area contributed by atoms with Crippen LogP contribution in [0, 0.1) is 12.8 Å². The number of hydrogen-bond acceptors (Lipinski definition) is 5. The van der Waals surface area contributed by atoms with Gasteiger partial charge in [0.05, 0.1) is 17.5 Å². The summed E-state index contributed by atoms with van der Waals surface area (Å²) in [5.74, 6) is -1.52. The van der Waals surface area contributed by atoms with Crippen LogP contribution in [0.4, 0.5) is 5.69 Å². The number of carbonyl (C=O) groups is 3. The minimum Gasteiger partial charge on any atom is -0.489 e. The summed E-state index contributed by atoms with van der Waals surface area (Å²) in [6, 6.07) is 28.2. The van der Waals surface area contributed by atoms with E-state index in [2.05, 4.69) is 11.9 Å². The molecule has 0 unspecified atom stereocenters. The van der Waals surface area contributed by atoms with E-state index >= 15 is 4.79 Å². The molecule has 1 fully saturated rings. The van der Waals surface area contributed by atoms with Crippen LogP contribution >= 0.6 is 0 Å². The minimum absolute atomic E-state index is 0.208. The summed E-state index contributed by atoms with van der Waals surface area (Å²) < 4.78 is 5.93. The number of ketones is 2. The number of aryl methyl sites for hydroxylation is 1. The first kappa shape index (κ1) is 26.7. The quantitative estimate of drug-likeness (QED) is 0.203. The highest BCUT2D eigenvalue weighted by atomic mass is 16.5. The molecule has 6 nitrogen and oxygen atoms in total. The minimum atomic E-state index is -1.40. The Balaban J connectivity index is 1.52. The first-order valence-electron chi connectivity index (χ1n) is 14.4. The Morgan fingerprint density at radius 3 is 2.47 bits per heavy atom. The zero-order chi connectivity index (χ0) is 29.7. The lowest BCUT2D eigenvalue weighted by Gasteiger charge is -2.38. The molecule has 1 amide bonds. The van der Waals surface area contributed by atoms with E-state index in [4.69, 9.17) is 4.74 Å². The molecule has 3 aliphatic heterocycles. The van der Waals surface area contributed by atoms with Crippen LogP contribution in [0.15, 0.2) is 116 Å². The first-order valence-corrected chi connectivity index (χ1v) is 14.4. The lowest BCUT2D eigenvalue weighted by atomic mass is 9.62.